The number of nitrogens with one attached hydrogen (secondary N) is 4. The number of rotatable bonds is 22. The molecule has 272 valence electrons. The molecule has 0 spiro atoms. The van der Waals surface area contributed by atoms with E-state index in [4.69, 9.17) is 35.1 Å². The largest absolute Gasteiger partial charge is 0.490 e. The molecule has 14 nitrogen and oxygen atoms in total. The summed E-state index contributed by atoms with van der Waals surface area (Å²) in [5, 5.41) is 22.8. The van der Waals surface area contributed by atoms with Crippen molar-refractivity contribution in [2.24, 2.45) is 17.6 Å². The van der Waals surface area contributed by atoms with Gasteiger partial charge < -0.3 is 40.7 Å². The average molecular weight is 692 g/mol. The van der Waals surface area contributed by atoms with Gasteiger partial charge in [0.25, 0.3) is 0 Å². The van der Waals surface area contributed by atoms with E-state index in [1.54, 1.807) is 5.48 Å². The number of carbonyl (C=O) groups excluding carboxylic acids is 3. The lowest BCUT2D eigenvalue weighted by molar-refractivity contribution is -0.192. The molecule has 1 aromatic heterocycles. The smallest absolute Gasteiger partial charge is 0.475 e. The second-order valence-corrected chi connectivity index (χ2v) is 11.1. The van der Waals surface area contributed by atoms with E-state index < -0.39 is 35.9 Å². The number of carboxylic acid groups (broad SMARTS) is 1. The zero-order valence-electron chi connectivity index (χ0n) is 27.3. The summed E-state index contributed by atoms with van der Waals surface area (Å²) in [5.41, 5.74) is 8.83. The predicted octanol–water partition coefficient (Wildman–Crippen LogP) is 2.29. The van der Waals surface area contributed by atoms with Crippen molar-refractivity contribution in [3.8, 4) is 0 Å². The Morgan fingerprint density at radius 3 is 2.08 bits per heavy atom. The molecule has 3 amide bonds. The Kier molecular flexibility index (Phi) is 20.7. The number of hydrogen-bond donors (Lipinski definition) is 7. The fraction of sp³-hybridized carbons (Fsp3) is 0.613. The van der Waals surface area contributed by atoms with Crippen molar-refractivity contribution in [2.45, 2.75) is 58.2 Å². The highest BCUT2D eigenvalue weighted by Crippen LogP contribution is 2.21. The van der Waals surface area contributed by atoms with Crippen molar-refractivity contribution in [2.75, 3.05) is 52.7 Å². The highest BCUT2D eigenvalue weighted by molar-refractivity contribution is 5.91. The van der Waals surface area contributed by atoms with Gasteiger partial charge in [-0.1, -0.05) is 32.0 Å². The van der Waals surface area contributed by atoms with E-state index in [0.717, 1.165) is 22.9 Å². The number of carboxylic acids is 1. The zero-order valence-corrected chi connectivity index (χ0v) is 27.3. The van der Waals surface area contributed by atoms with Crippen LogP contribution in [0, 0.1) is 11.8 Å². The van der Waals surface area contributed by atoms with Crippen LogP contribution in [0.2, 0.25) is 0 Å². The molecule has 0 aliphatic heterocycles. The number of hydrogen-bond acceptors (Lipinski definition) is 9. The number of hydroxylamine groups is 1. The number of H-pyrrole nitrogens is 1. The highest BCUT2D eigenvalue weighted by atomic mass is 19.4. The normalized spacial score (nSPS) is 12.6. The number of amides is 3. The van der Waals surface area contributed by atoms with E-state index in [9.17, 15) is 27.6 Å². The minimum Gasteiger partial charge on any atom is -0.475 e. The van der Waals surface area contributed by atoms with Crippen LogP contribution in [0.4, 0.5) is 13.2 Å². The summed E-state index contributed by atoms with van der Waals surface area (Å²) in [5.74, 6) is -4.68. The minimum absolute atomic E-state index is 0.137. The topological polar surface area (TPSA) is 214 Å². The first-order valence-corrected chi connectivity index (χ1v) is 15.6. The third-order valence-electron chi connectivity index (χ3n) is 6.66. The van der Waals surface area contributed by atoms with Gasteiger partial charge in [-0.15, -0.1) is 0 Å². The third-order valence-corrected chi connectivity index (χ3v) is 6.66. The number of aliphatic carboxylic acids is 1. The van der Waals surface area contributed by atoms with Crippen molar-refractivity contribution < 1.29 is 56.9 Å². The predicted molar refractivity (Wildman–Crippen MR) is 169 cm³/mol. The summed E-state index contributed by atoms with van der Waals surface area (Å²) in [6, 6.07) is 6.89. The summed E-state index contributed by atoms with van der Waals surface area (Å²) in [4.78, 5) is 50.4. The molecule has 0 aliphatic carbocycles. The molecular weight excluding hydrogens is 643 g/mol. The Bertz CT molecular complexity index is 1240. The van der Waals surface area contributed by atoms with Gasteiger partial charge in [0.2, 0.25) is 17.7 Å². The number of benzene rings is 1. The van der Waals surface area contributed by atoms with Crippen molar-refractivity contribution >= 4 is 34.6 Å². The second kappa shape index (κ2) is 23.5. The van der Waals surface area contributed by atoms with E-state index in [2.05, 4.69) is 15.6 Å². The molecule has 17 heteroatoms. The lowest BCUT2D eigenvalue weighted by Gasteiger charge is -2.23. The molecule has 1 aromatic carbocycles. The molecule has 0 unspecified atom stereocenters. The van der Waals surface area contributed by atoms with Crippen LogP contribution in [0.15, 0.2) is 30.5 Å². The van der Waals surface area contributed by atoms with E-state index in [0.29, 0.717) is 65.6 Å². The number of fused-ring (bicyclic) bond motifs is 1. The number of alkyl halides is 3. The number of nitrogens with two attached hydrogens (primary N) is 1. The van der Waals surface area contributed by atoms with Crippen LogP contribution in [0.1, 0.15) is 45.1 Å². The fourth-order valence-electron chi connectivity index (χ4n) is 4.38. The summed E-state index contributed by atoms with van der Waals surface area (Å²) >= 11 is 0. The maximum Gasteiger partial charge on any atom is 0.490 e. The first-order chi connectivity index (χ1) is 22.8. The molecule has 48 heavy (non-hydrogen) atoms. The molecule has 0 fully saturated rings. The molecular formula is C31H48F3N5O9. The van der Waals surface area contributed by atoms with Crippen LogP contribution < -0.4 is 21.8 Å². The zero-order chi connectivity index (χ0) is 36.0. The summed E-state index contributed by atoms with van der Waals surface area (Å²) in [6.07, 6.45) is -1.30. The van der Waals surface area contributed by atoms with Crippen molar-refractivity contribution in [1.82, 2.24) is 21.1 Å². The van der Waals surface area contributed by atoms with Crippen molar-refractivity contribution in [1.29, 1.82) is 0 Å². The number of aromatic nitrogens is 1. The van der Waals surface area contributed by atoms with Crippen LogP contribution in [-0.4, -0.2) is 104 Å². The highest BCUT2D eigenvalue weighted by Gasteiger charge is 2.38. The summed E-state index contributed by atoms with van der Waals surface area (Å²) in [7, 11) is 0. The van der Waals surface area contributed by atoms with Gasteiger partial charge in [-0.3, -0.25) is 19.6 Å². The molecule has 0 radical (unpaired) electrons. The Morgan fingerprint density at radius 1 is 0.938 bits per heavy atom. The van der Waals surface area contributed by atoms with Gasteiger partial charge in [-0.25, -0.2) is 10.3 Å². The van der Waals surface area contributed by atoms with Crippen LogP contribution in [0.5, 0.6) is 0 Å². The maximum absolute atomic E-state index is 13.2. The Morgan fingerprint density at radius 2 is 1.52 bits per heavy atom. The molecule has 2 aromatic rings. The minimum atomic E-state index is -5.08. The van der Waals surface area contributed by atoms with Crippen LogP contribution in [0.3, 0.4) is 0 Å². The number of para-hydroxylation sites is 1. The second-order valence-electron chi connectivity index (χ2n) is 11.1. The van der Waals surface area contributed by atoms with Crippen LogP contribution in [0.25, 0.3) is 10.9 Å². The first-order valence-electron chi connectivity index (χ1n) is 15.6. The lowest BCUT2D eigenvalue weighted by Crippen LogP contribution is -2.50. The fourth-order valence-corrected chi connectivity index (χ4v) is 4.38. The first kappa shape index (κ1) is 42.3. The van der Waals surface area contributed by atoms with E-state index >= 15 is 0 Å². The molecule has 2 rings (SSSR count). The lowest BCUT2D eigenvalue weighted by atomic mass is 9.92. The third kappa shape index (κ3) is 18.0. The Balaban J connectivity index is 0.00000148. The molecule has 0 aliphatic rings. The summed E-state index contributed by atoms with van der Waals surface area (Å²) < 4.78 is 48.1. The number of aromatic amines is 1. The van der Waals surface area contributed by atoms with Crippen LogP contribution >= 0.6 is 0 Å². The molecule has 0 saturated heterocycles. The van der Waals surface area contributed by atoms with Gasteiger partial charge in [-0.05, 0) is 43.4 Å². The van der Waals surface area contributed by atoms with Gasteiger partial charge in [0.05, 0.1) is 26.4 Å². The van der Waals surface area contributed by atoms with Crippen LogP contribution in [-0.2, 0) is 39.8 Å². The molecule has 1 heterocycles. The van der Waals surface area contributed by atoms with Gasteiger partial charge in [0.1, 0.15) is 6.04 Å². The maximum atomic E-state index is 13.2. The SMILES string of the molecule is CC(C)C[C@H](CC(=O)NO)C(=O)N[C@@H](Cc1c[nH]c2ccccc12)C(=O)NCCCOCCOCCOCCCN.O=C(O)C(F)(F)F. The van der Waals surface area contributed by atoms with E-state index in [-0.39, 0.29) is 24.7 Å². The molecule has 8 N–H and O–H groups in total. The van der Waals surface area contributed by atoms with Crippen molar-refractivity contribution in [3.63, 3.8) is 0 Å². The molecule has 0 saturated carbocycles. The van der Waals surface area contributed by atoms with E-state index in [1.165, 1.54) is 0 Å². The van der Waals surface area contributed by atoms with Gasteiger partial charge in [0, 0.05) is 55.6 Å². The van der Waals surface area contributed by atoms with Gasteiger partial charge in [-0.2, -0.15) is 13.2 Å². The quantitative estimate of drug-likeness (QED) is 0.0544. The molecule has 2 atom stereocenters. The standard InChI is InChI=1S/C29H47N5O7.C2HF3O2/c1-21(2)17-22(19-27(35)34-38)28(36)33-26(18-23-20-32-25-8-4-3-7-24(23)25)29(37)31-10-6-12-40-14-16-41-15-13-39-11-5-9-30;3-2(4,5)1(6)7/h3-4,7-8,20-22,26,32,38H,5-6,9-19,30H2,1-2H3,(H,31,37)(H,33,36)(H,34,35);(H,6,7)/t22-,26+;/m1./s1. The van der Waals surface area contributed by atoms with Crippen molar-refractivity contribution in [3.05, 3.63) is 36.0 Å². The van der Waals surface area contributed by atoms with E-state index in [1.807, 2.05) is 44.3 Å². The average Bonchev–Trinajstić information content (AvgIpc) is 3.44. The number of carbonyl (C=O) groups is 4. The number of ether oxygens (including phenoxy) is 3. The number of halogens is 3. The van der Waals surface area contributed by atoms with Gasteiger partial charge in [0.15, 0.2) is 0 Å². The monoisotopic (exact) mass is 691 g/mol. The molecule has 0 bridgehead atoms. The van der Waals surface area contributed by atoms with Gasteiger partial charge >= 0.3 is 12.1 Å². The summed E-state index contributed by atoms with van der Waals surface area (Å²) in [6.45, 7) is 7.87. The Hall–Kier alpha value is -3.77. The Labute approximate surface area is 277 Å².